The zero-order chi connectivity index (χ0) is 10.1. The molecule has 1 heteroatoms. The molecule has 0 aliphatic carbocycles. The molecular formula is C11H27N. The topological polar surface area (TPSA) is 3.24 Å². The molecule has 0 fully saturated rings. The molecule has 1 unspecified atom stereocenters. The second kappa shape index (κ2) is 9.05. The Bertz CT molecular complexity index is 75.1. The fraction of sp³-hybridized carbons (Fsp3) is 1.00. The van der Waals surface area contributed by atoms with E-state index in [4.69, 9.17) is 0 Å². The van der Waals surface area contributed by atoms with Crippen molar-refractivity contribution in [2.45, 2.75) is 54.5 Å². The van der Waals surface area contributed by atoms with Gasteiger partial charge >= 0.3 is 0 Å². The van der Waals surface area contributed by atoms with Crippen LogP contribution in [-0.2, 0) is 0 Å². The predicted octanol–water partition coefficient (Wildman–Crippen LogP) is 3.40. The first kappa shape index (κ1) is 14.5. The van der Waals surface area contributed by atoms with Crippen LogP contribution in [0.25, 0.3) is 0 Å². The zero-order valence-electron chi connectivity index (χ0n) is 10.0. The lowest BCUT2D eigenvalue weighted by atomic mass is 10.1. The highest BCUT2D eigenvalue weighted by Crippen LogP contribution is 2.08. The van der Waals surface area contributed by atoms with Crippen molar-refractivity contribution in [2.75, 3.05) is 13.1 Å². The van der Waals surface area contributed by atoms with E-state index >= 15 is 0 Å². The third-order valence-electron chi connectivity index (χ3n) is 2.35. The van der Waals surface area contributed by atoms with E-state index in [9.17, 15) is 0 Å². The molecule has 0 radical (unpaired) electrons. The van der Waals surface area contributed by atoms with E-state index in [2.05, 4.69) is 39.5 Å². The first-order chi connectivity index (χ1) is 5.63. The van der Waals surface area contributed by atoms with Gasteiger partial charge in [-0.2, -0.15) is 0 Å². The van der Waals surface area contributed by atoms with Crippen LogP contribution in [0.1, 0.15) is 48.5 Å². The molecule has 0 aliphatic heterocycles. The van der Waals surface area contributed by atoms with Crippen LogP contribution < -0.4 is 0 Å². The Morgan fingerprint density at radius 1 is 0.917 bits per heavy atom. The van der Waals surface area contributed by atoms with Crippen molar-refractivity contribution < 1.29 is 0 Å². The maximum atomic E-state index is 2.49. The largest absolute Gasteiger partial charge is 0.301 e. The minimum Gasteiger partial charge on any atom is -0.301 e. The van der Waals surface area contributed by atoms with E-state index in [1.165, 1.54) is 13.1 Å². The zero-order valence-corrected chi connectivity index (χ0v) is 10.0. The van der Waals surface area contributed by atoms with Crippen molar-refractivity contribution in [3.8, 4) is 0 Å². The molecule has 0 saturated heterocycles. The summed E-state index contributed by atoms with van der Waals surface area (Å²) in [4.78, 5) is 2.49. The summed E-state index contributed by atoms with van der Waals surface area (Å²) in [5.74, 6) is 0.778. The van der Waals surface area contributed by atoms with E-state index in [1.807, 2.05) is 13.8 Å². The monoisotopic (exact) mass is 173 g/mol. The lowest BCUT2D eigenvalue weighted by molar-refractivity contribution is 0.186. The fourth-order valence-electron chi connectivity index (χ4n) is 1.22. The molecular weight excluding hydrogens is 146 g/mol. The Hall–Kier alpha value is -0.0400. The van der Waals surface area contributed by atoms with E-state index in [1.54, 1.807) is 0 Å². The smallest absolute Gasteiger partial charge is 0.00896 e. The third kappa shape index (κ3) is 5.59. The summed E-state index contributed by atoms with van der Waals surface area (Å²) >= 11 is 0. The van der Waals surface area contributed by atoms with Crippen molar-refractivity contribution in [1.29, 1.82) is 0 Å². The molecule has 0 N–H and O–H groups in total. The molecule has 1 atom stereocenters. The molecule has 1 nitrogen and oxygen atoms in total. The molecule has 0 saturated carbocycles. The molecule has 0 amide bonds. The van der Waals surface area contributed by atoms with E-state index < -0.39 is 0 Å². The van der Waals surface area contributed by atoms with Crippen LogP contribution >= 0.6 is 0 Å². The highest BCUT2D eigenvalue weighted by atomic mass is 15.1. The van der Waals surface area contributed by atoms with Crippen LogP contribution in [0.5, 0.6) is 0 Å². The highest BCUT2D eigenvalue weighted by Gasteiger charge is 2.12. The Kier molecular flexibility index (Phi) is 10.9. The van der Waals surface area contributed by atoms with Gasteiger partial charge in [-0.3, -0.25) is 0 Å². The Balaban J connectivity index is 0. The van der Waals surface area contributed by atoms with Gasteiger partial charge in [0.25, 0.3) is 0 Å². The summed E-state index contributed by atoms with van der Waals surface area (Å²) < 4.78 is 0. The summed E-state index contributed by atoms with van der Waals surface area (Å²) in [5, 5.41) is 0. The van der Waals surface area contributed by atoms with Crippen LogP contribution in [0.3, 0.4) is 0 Å². The van der Waals surface area contributed by atoms with Gasteiger partial charge in [-0.15, -0.1) is 0 Å². The summed E-state index contributed by atoms with van der Waals surface area (Å²) in [7, 11) is 0. The SMILES string of the molecule is CC.CCN(CC)C(C)C(C)C. The molecule has 0 aromatic heterocycles. The summed E-state index contributed by atoms with van der Waals surface area (Å²) in [6.45, 7) is 17.7. The molecule has 0 aliphatic rings. The Morgan fingerprint density at radius 2 is 1.25 bits per heavy atom. The summed E-state index contributed by atoms with van der Waals surface area (Å²) in [6, 6.07) is 0.731. The Morgan fingerprint density at radius 3 is 1.33 bits per heavy atom. The van der Waals surface area contributed by atoms with Gasteiger partial charge in [0.15, 0.2) is 0 Å². The van der Waals surface area contributed by atoms with Gasteiger partial charge in [0.2, 0.25) is 0 Å². The number of nitrogens with zero attached hydrogens (tertiary/aromatic N) is 1. The van der Waals surface area contributed by atoms with Gasteiger partial charge in [0.05, 0.1) is 0 Å². The predicted molar refractivity (Wildman–Crippen MR) is 58.6 cm³/mol. The maximum Gasteiger partial charge on any atom is 0.00896 e. The van der Waals surface area contributed by atoms with Crippen molar-refractivity contribution in [3.05, 3.63) is 0 Å². The number of hydrogen-bond acceptors (Lipinski definition) is 1. The van der Waals surface area contributed by atoms with E-state index in [0.717, 1.165) is 12.0 Å². The number of hydrogen-bond donors (Lipinski definition) is 0. The summed E-state index contributed by atoms with van der Waals surface area (Å²) in [6.07, 6.45) is 0. The van der Waals surface area contributed by atoms with Gasteiger partial charge in [-0.05, 0) is 25.9 Å². The molecule has 76 valence electrons. The molecule has 0 aromatic rings. The molecule has 0 spiro atoms. The van der Waals surface area contributed by atoms with Gasteiger partial charge in [-0.1, -0.05) is 41.5 Å². The third-order valence-corrected chi connectivity index (χ3v) is 2.35. The molecule has 0 heterocycles. The second-order valence-electron chi connectivity index (χ2n) is 3.21. The van der Waals surface area contributed by atoms with Crippen molar-refractivity contribution in [3.63, 3.8) is 0 Å². The van der Waals surface area contributed by atoms with Crippen LogP contribution in [0, 0.1) is 5.92 Å². The van der Waals surface area contributed by atoms with Gasteiger partial charge < -0.3 is 4.90 Å². The minimum atomic E-state index is 0.731. The number of rotatable bonds is 4. The normalized spacial score (nSPS) is 12.8. The van der Waals surface area contributed by atoms with Crippen molar-refractivity contribution in [2.24, 2.45) is 5.92 Å². The minimum absolute atomic E-state index is 0.731. The van der Waals surface area contributed by atoms with Crippen molar-refractivity contribution in [1.82, 2.24) is 4.90 Å². The standard InChI is InChI=1S/C9H21N.C2H6/c1-6-10(7-2)9(5)8(3)4;1-2/h8-9H,6-7H2,1-5H3;1-2H3. The first-order valence-corrected chi connectivity index (χ1v) is 5.37. The van der Waals surface area contributed by atoms with E-state index in [0.29, 0.717) is 0 Å². The lowest BCUT2D eigenvalue weighted by Crippen LogP contribution is -2.36. The Labute approximate surface area is 79.2 Å². The molecule has 0 bridgehead atoms. The lowest BCUT2D eigenvalue weighted by Gasteiger charge is -2.29. The van der Waals surface area contributed by atoms with Crippen LogP contribution in [0.15, 0.2) is 0 Å². The average Bonchev–Trinajstić information content (AvgIpc) is 2.10. The second-order valence-corrected chi connectivity index (χ2v) is 3.21. The van der Waals surface area contributed by atoms with E-state index in [-0.39, 0.29) is 0 Å². The summed E-state index contributed by atoms with van der Waals surface area (Å²) in [5.41, 5.74) is 0. The van der Waals surface area contributed by atoms with Crippen LogP contribution in [0.2, 0.25) is 0 Å². The molecule has 0 aromatic carbocycles. The van der Waals surface area contributed by atoms with Gasteiger partial charge in [0.1, 0.15) is 0 Å². The fourth-order valence-corrected chi connectivity index (χ4v) is 1.22. The van der Waals surface area contributed by atoms with Crippen LogP contribution in [0.4, 0.5) is 0 Å². The van der Waals surface area contributed by atoms with Crippen LogP contribution in [-0.4, -0.2) is 24.0 Å². The highest BCUT2D eigenvalue weighted by molar-refractivity contribution is 4.67. The molecule has 0 rings (SSSR count). The van der Waals surface area contributed by atoms with Crippen molar-refractivity contribution >= 4 is 0 Å². The quantitative estimate of drug-likeness (QED) is 0.630. The molecule has 12 heavy (non-hydrogen) atoms. The average molecular weight is 173 g/mol. The maximum absolute atomic E-state index is 2.49. The van der Waals surface area contributed by atoms with Gasteiger partial charge in [-0.25, -0.2) is 0 Å². The van der Waals surface area contributed by atoms with Gasteiger partial charge in [0, 0.05) is 6.04 Å². The first-order valence-electron chi connectivity index (χ1n) is 5.37.